The highest BCUT2D eigenvalue weighted by atomic mass is 79.9. The molecule has 7 heteroatoms. The molecule has 0 saturated carbocycles. The fraction of sp³-hybridized carbons (Fsp3) is 0.429. The molecule has 28 heavy (non-hydrogen) atoms. The molecule has 152 valence electrons. The first kappa shape index (κ1) is 21.1. The second-order valence-corrected chi connectivity index (χ2v) is 10.0. The second kappa shape index (κ2) is 8.84. The van der Waals surface area contributed by atoms with E-state index < -0.39 is 10.0 Å². The van der Waals surface area contributed by atoms with Crippen molar-refractivity contribution in [3.63, 3.8) is 0 Å². The standard InChI is InChI=1S/C21H27BrN2O3S/c1-15-5-4-12-24(14-15)19-9-6-17(7-10-19)16(2)23-28(25,26)21-13-18(22)8-11-20(21)27-3/h6-11,13,15-16,23H,4-5,12,14H2,1-3H3. The summed E-state index contributed by atoms with van der Waals surface area (Å²) in [5.41, 5.74) is 2.12. The van der Waals surface area contributed by atoms with Crippen LogP contribution >= 0.6 is 15.9 Å². The minimum Gasteiger partial charge on any atom is -0.495 e. The molecule has 2 aromatic rings. The van der Waals surface area contributed by atoms with E-state index in [0.29, 0.717) is 16.1 Å². The minimum absolute atomic E-state index is 0.121. The number of anilines is 1. The van der Waals surface area contributed by atoms with Crippen molar-refractivity contribution in [1.29, 1.82) is 0 Å². The summed E-state index contributed by atoms with van der Waals surface area (Å²) >= 11 is 3.33. The van der Waals surface area contributed by atoms with Crippen LogP contribution in [0.5, 0.6) is 5.75 Å². The van der Waals surface area contributed by atoms with E-state index in [9.17, 15) is 8.42 Å². The van der Waals surface area contributed by atoms with E-state index in [2.05, 4.69) is 44.6 Å². The summed E-state index contributed by atoms with van der Waals surface area (Å²) in [6, 6.07) is 12.7. The van der Waals surface area contributed by atoms with Gasteiger partial charge >= 0.3 is 0 Å². The second-order valence-electron chi connectivity index (χ2n) is 7.42. The summed E-state index contributed by atoms with van der Waals surface area (Å²) in [6.07, 6.45) is 2.50. The Morgan fingerprint density at radius 2 is 1.93 bits per heavy atom. The lowest BCUT2D eigenvalue weighted by Crippen LogP contribution is -2.34. The Labute approximate surface area is 176 Å². The highest BCUT2D eigenvalue weighted by molar-refractivity contribution is 9.10. The van der Waals surface area contributed by atoms with Crippen LogP contribution in [-0.4, -0.2) is 28.6 Å². The normalized spacial score (nSPS) is 18.7. The average molecular weight is 467 g/mol. The van der Waals surface area contributed by atoms with Gasteiger partial charge in [0.2, 0.25) is 10.0 Å². The minimum atomic E-state index is -3.73. The molecule has 1 aliphatic heterocycles. The van der Waals surface area contributed by atoms with Crippen molar-refractivity contribution in [3.8, 4) is 5.75 Å². The predicted molar refractivity (Wildman–Crippen MR) is 116 cm³/mol. The van der Waals surface area contributed by atoms with Gasteiger partial charge in [0.1, 0.15) is 10.6 Å². The summed E-state index contributed by atoms with van der Waals surface area (Å²) in [5, 5.41) is 0. The van der Waals surface area contributed by atoms with Crippen LogP contribution in [0.1, 0.15) is 38.3 Å². The maximum atomic E-state index is 12.9. The molecule has 1 heterocycles. The zero-order valence-electron chi connectivity index (χ0n) is 16.5. The molecule has 3 rings (SSSR count). The van der Waals surface area contributed by atoms with Gasteiger partial charge in [0.25, 0.3) is 0 Å². The number of ether oxygens (including phenoxy) is 1. The molecular formula is C21H27BrN2O3S. The fourth-order valence-electron chi connectivity index (χ4n) is 3.62. The first-order chi connectivity index (χ1) is 13.3. The summed E-state index contributed by atoms with van der Waals surface area (Å²) < 4.78 is 34.4. The summed E-state index contributed by atoms with van der Waals surface area (Å²) in [4.78, 5) is 2.52. The van der Waals surface area contributed by atoms with E-state index in [1.807, 2.05) is 19.1 Å². The summed E-state index contributed by atoms with van der Waals surface area (Å²) in [6.45, 7) is 6.28. The Bertz CT molecular complexity index is 916. The zero-order chi connectivity index (χ0) is 20.3. The van der Waals surface area contributed by atoms with Crippen LogP contribution in [0, 0.1) is 5.92 Å². The Balaban J connectivity index is 1.75. The van der Waals surface area contributed by atoms with E-state index >= 15 is 0 Å². The van der Waals surface area contributed by atoms with Crippen molar-refractivity contribution in [1.82, 2.24) is 4.72 Å². The highest BCUT2D eigenvalue weighted by Gasteiger charge is 2.23. The summed E-state index contributed by atoms with van der Waals surface area (Å²) in [7, 11) is -2.26. The van der Waals surface area contributed by atoms with Gasteiger partial charge in [-0.05, 0) is 61.6 Å². The highest BCUT2D eigenvalue weighted by Crippen LogP contribution is 2.29. The molecule has 0 radical (unpaired) electrons. The van der Waals surface area contributed by atoms with Gasteiger partial charge in [0.15, 0.2) is 0 Å². The number of hydrogen-bond acceptors (Lipinski definition) is 4. The van der Waals surface area contributed by atoms with E-state index in [1.165, 1.54) is 25.6 Å². The van der Waals surface area contributed by atoms with Crippen molar-refractivity contribution in [2.24, 2.45) is 5.92 Å². The first-order valence-corrected chi connectivity index (χ1v) is 11.8. The predicted octanol–water partition coefficient (Wildman–Crippen LogP) is 4.73. The molecule has 1 N–H and O–H groups in total. The van der Waals surface area contributed by atoms with Crippen LogP contribution in [0.2, 0.25) is 0 Å². The zero-order valence-corrected chi connectivity index (χ0v) is 18.9. The maximum absolute atomic E-state index is 12.9. The molecule has 1 aliphatic rings. The lowest BCUT2D eigenvalue weighted by molar-refractivity contribution is 0.402. The number of halogens is 1. The maximum Gasteiger partial charge on any atom is 0.244 e. The lowest BCUT2D eigenvalue weighted by Gasteiger charge is -2.33. The van der Waals surface area contributed by atoms with Gasteiger partial charge in [-0.3, -0.25) is 0 Å². The van der Waals surface area contributed by atoms with Crippen molar-refractivity contribution in [2.45, 2.75) is 37.6 Å². The van der Waals surface area contributed by atoms with Crippen molar-refractivity contribution >= 4 is 31.6 Å². The Hall–Kier alpha value is -1.57. The number of hydrogen-bond donors (Lipinski definition) is 1. The number of benzene rings is 2. The smallest absolute Gasteiger partial charge is 0.244 e. The van der Waals surface area contributed by atoms with Crippen molar-refractivity contribution in [3.05, 3.63) is 52.5 Å². The van der Waals surface area contributed by atoms with Gasteiger partial charge in [-0.25, -0.2) is 13.1 Å². The molecule has 0 aromatic heterocycles. The quantitative estimate of drug-likeness (QED) is 0.667. The van der Waals surface area contributed by atoms with Gasteiger partial charge in [0, 0.05) is 29.3 Å². The number of methoxy groups -OCH3 is 1. The molecule has 0 spiro atoms. The van der Waals surface area contributed by atoms with Crippen LogP contribution in [0.25, 0.3) is 0 Å². The van der Waals surface area contributed by atoms with E-state index in [1.54, 1.807) is 18.2 Å². The third-order valence-corrected chi connectivity index (χ3v) is 7.22. The topological polar surface area (TPSA) is 58.6 Å². The van der Waals surface area contributed by atoms with Gasteiger partial charge in [-0.1, -0.05) is 35.0 Å². The third kappa shape index (κ3) is 4.88. The van der Waals surface area contributed by atoms with Crippen LogP contribution in [0.15, 0.2) is 51.8 Å². The molecular weight excluding hydrogens is 440 g/mol. The van der Waals surface area contributed by atoms with E-state index in [0.717, 1.165) is 18.7 Å². The molecule has 2 aromatic carbocycles. The molecule has 0 bridgehead atoms. The van der Waals surface area contributed by atoms with Gasteiger partial charge < -0.3 is 9.64 Å². The van der Waals surface area contributed by atoms with Crippen LogP contribution in [0.4, 0.5) is 5.69 Å². The monoisotopic (exact) mass is 466 g/mol. The number of rotatable bonds is 6. The molecule has 0 amide bonds. The molecule has 1 fully saturated rings. The number of sulfonamides is 1. The van der Waals surface area contributed by atoms with Crippen molar-refractivity contribution < 1.29 is 13.2 Å². The van der Waals surface area contributed by atoms with Crippen LogP contribution in [-0.2, 0) is 10.0 Å². The molecule has 0 aliphatic carbocycles. The molecule has 1 saturated heterocycles. The lowest BCUT2D eigenvalue weighted by atomic mass is 9.99. The first-order valence-electron chi connectivity index (χ1n) is 9.51. The number of nitrogens with zero attached hydrogens (tertiary/aromatic N) is 1. The largest absolute Gasteiger partial charge is 0.495 e. The SMILES string of the molecule is COc1ccc(Br)cc1S(=O)(=O)NC(C)c1ccc(N2CCCC(C)C2)cc1. The number of nitrogens with one attached hydrogen (secondary N) is 1. The fourth-order valence-corrected chi connectivity index (χ4v) is 5.56. The third-order valence-electron chi connectivity index (χ3n) is 5.16. The molecule has 5 nitrogen and oxygen atoms in total. The van der Waals surface area contributed by atoms with E-state index in [4.69, 9.17) is 4.74 Å². The molecule has 2 unspecified atom stereocenters. The Morgan fingerprint density at radius 1 is 1.21 bits per heavy atom. The summed E-state index contributed by atoms with van der Waals surface area (Å²) in [5.74, 6) is 1.02. The van der Waals surface area contributed by atoms with Gasteiger partial charge in [-0.15, -0.1) is 0 Å². The average Bonchev–Trinajstić information content (AvgIpc) is 2.68. The molecule has 2 atom stereocenters. The van der Waals surface area contributed by atoms with Crippen LogP contribution in [0.3, 0.4) is 0 Å². The van der Waals surface area contributed by atoms with Crippen molar-refractivity contribution in [2.75, 3.05) is 25.1 Å². The Morgan fingerprint density at radius 3 is 2.57 bits per heavy atom. The van der Waals surface area contributed by atoms with E-state index in [-0.39, 0.29) is 10.9 Å². The van der Waals surface area contributed by atoms with Gasteiger partial charge in [0.05, 0.1) is 7.11 Å². The van der Waals surface area contributed by atoms with Crippen LogP contribution < -0.4 is 14.4 Å². The van der Waals surface area contributed by atoms with Gasteiger partial charge in [-0.2, -0.15) is 0 Å². The number of piperidine rings is 1. The Kier molecular flexibility index (Phi) is 6.68.